The fourth-order valence-electron chi connectivity index (χ4n) is 4.55. The molecule has 1 aliphatic carbocycles. The van der Waals surface area contributed by atoms with Crippen molar-refractivity contribution in [3.8, 4) is 0 Å². The first-order valence-corrected chi connectivity index (χ1v) is 12.4. The number of hydrogen-bond donors (Lipinski definition) is 0. The Morgan fingerprint density at radius 1 is 1.06 bits per heavy atom. The molecular formula is C28H37N5O. The quantitative estimate of drug-likeness (QED) is 0.595. The molecule has 6 nitrogen and oxygen atoms in total. The molecule has 1 saturated heterocycles. The van der Waals surface area contributed by atoms with Crippen LogP contribution in [-0.4, -0.2) is 64.6 Å². The summed E-state index contributed by atoms with van der Waals surface area (Å²) in [6.45, 7) is 14.1. The summed E-state index contributed by atoms with van der Waals surface area (Å²) in [5.74, 6) is 1.81. The Bertz CT molecular complexity index is 1130. The minimum absolute atomic E-state index is 0.0714. The van der Waals surface area contributed by atoms with Crippen molar-refractivity contribution in [2.45, 2.75) is 47.5 Å². The number of amides is 1. The third kappa shape index (κ3) is 5.12. The summed E-state index contributed by atoms with van der Waals surface area (Å²) in [7, 11) is 2.10. The third-order valence-electron chi connectivity index (χ3n) is 7.33. The van der Waals surface area contributed by atoms with E-state index in [-0.39, 0.29) is 5.91 Å². The molecule has 1 aliphatic heterocycles. The smallest absolute Gasteiger partial charge is 0.255 e. The number of carbonyl (C=O) groups is 1. The first-order chi connectivity index (χ1) is 16.2. The van der Waals surface area contributed by atoms with E-state index in [1.54, 1.807) is 6.20 Å². The average Bonchev–Trinajstić information content (AvgIpc) is 2.84. The van der Waals surface area contributed by atoms with Crippen LogP contribution in [0.2, 0.25) is 0 Å². The Hall–Kier alpha value is -2.86. The van der Waals surface area contributed by atoms with Gasteiger partial charge in [0.1, 0.15) is 0 Å². The molecule has 1 amide bonds. The molecule has 2 aliphatic rings. The Labute approximate surface area is 203 Å². The van der Waals surface area contributed by atoms with E-state index in [4.69, 9.17) is 15.0 Å². The number of aryl methyl sites for hydroxylation is 2. The second-order valence-electron chi connectivity index (χ2n) is 10.1. The van der Waals surface area contributed by atoms with E-state index < -0.39 is 0 Å². The fourth-order valence-corrected chi connectivity index (χ4v) is 4.55. The number of allylic oxidation sites excluding steroid dienone is 1. The van der Waals surface area contributed by atoms with Crippen LogP contribution < -0.4 is 0 Å². The summed E-state index contributed by atoms with van der Waals surface area (Å²) in [6.07, 6.45) is 7.74. The Morgan fingerprint density at radius 2 is 1.79 bits per heavy atom. The number of nitrogens with zero attached hydrogens (tertiary/aromatic N) is 5. The third-order valence-corrected chi connectivity index (χ3v) is 7.33. The summed E-state index contributed by atoms with van der Waals surface area (Å²) in [4.78, 5) is 31.6. The predicted molar refractivity (Wildman–Crippen MR) is 139 cm³/mol. The summed E-state index contributed by atoms with van der Waals surface area (Å²) < 4.78 is 0. The summed E-state index contributed by atoms with van der Waals surface area (Å²) in [5.41, 5.74) is 7.09. The van der Waals surface area contributed by atoms with Crippen molar-refractivity contribution in [1.29, 1.82) is 0 Å². The lowest BCUT2D eigenvalue weighted by molar-refractivity contribution is 0.0663. The van der Waals surface area contributed by atoms with Crippen molar-refractivity contribution in [1.82, 2.24) is 19.8 Å². The molecule has 0 aromatic carbocycles. The molecule has 0 bridgehead atoms. The van der Waals surface area contributed by atoms with Crippen molar-refractivity contribution in [3.05, 3.63) is 58.6 Å². The summed E-state index contributed by atoms with van der Waals surface area (Å²) >= 11 is 0. The molecular weight excluding hydrogens is 422 g/mol. The number of aromatic nitrogens is 2. The zero-order valence-electron chi connectivity index (χ0n) is 21.4. The molecule has 0 saturated carbocycles. The van der Waals surface area contributed by atoms with Gasteiger partial charge in [0.15, 0.2) is 5.82 Å². The number of likely N-dealkylation sites (N-methyl/N-ethyl adjacent to an activating group) is 1. The molecule has 180 valence electrons. The predicted octanol–water partition coefficient (Wildman–Crippen LogP) is 4.94. The standard InChI is InChI=1S/C28H37N5O/c1-18(2)20(4)21(5)31-27-19(3)14-22(16-30-27)24-8-7-9-26-25(24)15-23(17-29-26)28(34)33-12-10-32(6)11-13-33/h8,14-18,20H,7,9-13H2,1-6H3. The van der Waals surface area contributed by atoms with Gasteiger partial charge in [-0.3, -0.25) is 9.78 Å². The van der Waals surface area contributed by atoms with Crippen LogP contribution in [0, 0.1) is 18.8 Å². The topological polar surface area (TPSA) is 61.7 Å². The monoisotopic (exact) mass is 459 g/mol. The summed E-state index contributed by atoms with van der Waals surface area (Å²) in [5, 5.41) is 0. The van der Waals surface area contributed by atoms with Crippen molar-refractivity contribution in [2.75, 3.05) is 33.2 Å². The van der Waals surface area contributed by atoms with Crippen LogP contribution in [0.25, 0.3) is 5.57 Å². The number of piperazine rings is 1. The van der Waals surface area contributed by atoms with Gasteiger partial charge in [0.05, 0.1) is 5.56 Å². The van der Waals surface area contributed by atoms with Crippen LogP contribution in [0.15, 0.2) is 35.6 Å². The molecule has 0 N–H and O–H groups in total. The van der Waals surface area contributed by atoms with Crippen LogP contribution >= 0.6 is 0 Å². The van der Waals surface area contributed by atoms with E-state index in [0.717, 1.165) is 78.5 Å². The van der Waals surface area contributed by atoms with Gasteiger partial charge in [-0.1, -0.05) is 26.8 Å². The van der Waals surface area contributed by atoms with E-state index in [0.29, 0.717) is 17.4 Å². The van der Waals surface area contributed by atoms with Crippen molar-refractivity contribution >= 4 is 23.0 Å². The normalized spacial score (nSPS) is 18.0. The zero-order valence-corrected chi connectivity index (χ0v) is 21.4. The molecule has 3 heterocycles. The van der Waals surface area contributed by atoms with E-state index >= 15 is 0 Å². The molecule has 4 rings (SSSR count). The van der Waals surface area contributed by atoms with Gasteiger partial charge in [0.25, 0.3) is 5.91 Å². The Balaban J connectivity index is 1.61. The number of hydrogen-bond acceptors (Lipinski definition) is 5. The molecule has 1 atom stereocenters. The van der Waals surface area contributed by atoms with Gasteiger partial charge in [-0.05, 0) is 68.8 Å². The van der Waals surface area contributed by atoms with Gasteiger partial charge in [0.2, 0.25) is 0 Å². The Morgan fingerprint density at radius 3 is 2.47 bits per heavy atom. The van der Waals surface area contributed by atoms with Crippen molar-refractivity contribution < 1.29 is 4.79 Å². The van der Waals surface area contributed by atoms with Gasteiger partial charge >= 0.3 is 0 Å². The molecule has 0 spiro atoms. The number of aliphatic imine (C=N–C) groups is 1. The van der Waals surface area contributed by atoms with E-state index in [1.807, 2.05) is 17.2 Å². The number of carbonyl (C=O) groups excluding carboxylic acids is 1. The van der Waals surface area contributed by atoms with Gasteiger partial charge in [-0.15, -0.1) is 0 Å². The average molecular weight is 460 g/mol. The maximum absolute atomic E-state index is 13.2. The maximum Gasteiger partial charge on any atom is 0.255 e. The first-order valence-electron chi connectivity index (χ1n) is 12.4. The molecule has 0 radical (unpaired) electrons. The minimum atomic E-state index is 0.0714. The lowest BCUT2D eigenvalue weighted by Gasteiger charge is -2.32. The van der Waals surface area contributed by atoms with Gasteiger partial charge in [-0.25, -0.2) is 9.98 Å². The second-order valence-corrected chi connectivity index (χ2v) is 10.1. The first kappa shape index (κ1) is 24.3. The largest absolute Gasteiger partial charge is 0.336 e. The fraction of sp³-hybridized carbons (Fsp3) is 0.500. The Kier molecular flexibility index (Phi) is 7.27. The van der Waals surface area contributed by atoms with Gasteiger partial charge < -0.3 is 9.80 Å². The maximum atomic E-state index is 13.2. The molecule has 2 aromatic heterocycles. The van der Waals surface area contributed by atoms with E-state index in [2.05, 4.69) is 58.7 Å². The minimum Gasteiger partial charge on any atom is -0.336 e. The van der Waals surface area contributed by atoms with Crippen LogP contribution in [0.3, 0.4) is 0 Å². The zero-order chi connectivity index (χ0) is 24.4. The molecule has 2 aromatic rings. The highest BCUT2D eigenvalue weighted by Crippen LogP contribution is 2.33. The van der Waals surface area contributed by atoms with Crippen molar-refractivity contribution in [3.63, 3.8) is 0 Å². The molecule has 34 heavy (non-hydrogen) atoms. The molecule has 1 fully saturated rings. The molecule has 1 unspecified atom stereocenters. The van der Waals surface area contributed by atoms with Crippen LogP contribution in [0.5, 0.6) is 0 Å². The molecule has 6 heteroatoms. The SMILES string of the molecule is CC(=Nc1ncc(C2=CCCc3ncc(C(=O)N4CCN(C)CC4)cc32)cc1C)C(C)C(C)C. The van der Waals surface area contributed by atoms with E-state index in [1.165, 1.54) is 0 Å². The number of fused-ring (bicyclic) bond motifs is 1. The van der Waals surface area contributed by atoms with Crippen molar-refractivity contribution in [2.24, 2.45) is 16.8 Å². The van der Waals surface area contributed by atoms with Crippen LogP contribution in [0.1, 0.15) is 66.9 Å². The lowest BCUT2D eigenvalue weighted by atomic mass is 9.89. The van der Waals surface area contributed by atoms with Gasteiger partial charge in [-0.2, -0.15) is 0 Å². The number of pyridine rings is 2. The van der Waals surface area contributed by atoms with Crippen LogP contribution in [-0.2, 0) is 6.42 Å². The lowest BCUT2D eigenvalue weighted by Crippen LogP contribution is -2.47. The second kappa shape index (κ2) is 10.2. The highest BCUT2D eigenvalue weighted by atomic mass is 16.2. The van der Waals surface area contributed by atoms with Gasteiger partial charge in [0, 0.05) is 61.1 Å². The highest BCUT2D eigenvalue weighted by molar-refractivity contribution is 5.96. The summed E-state index contributed by atoms with van der Waals surface area (Å²) in [6, 6.07) is 4.19. The van der Waals surface area contributed by atoms with Crippen LogP contribution in [0.4, 0.5) is 5.82 Å². The highest BCUT2D eigenvalue weighted by Gasteiger charge is 2.24. The number of rotatable bonds is 5. The van der Waals surface area contributed by atoms with E-state index in [9.17, 15) is 4.79 Å².